The van der Waals surface area contributed by atoms with Gasteiger partial charge < -0.3 is 4.57 Å². The topological polar surface area (TPSA) is 61.4 Å². The summed E-state index contributed by atoms with van der Waals surface area (Å²) in [6.07, 6.45) is 5.86. The molecule has 0 bridgehead atoms. The zero-order valence-electron chi connectivity index (χ0n) is 17.9. The van der Waals surface area contributed by atoms with Crippen molar-refractivity contribution in [3.05, 3.63) is 89.3 Å². The molecule has 3 aromatic heterocycles. The SMILES string of the molecule is Cc1cn(-c2ccc(/C=C/c3nc4n(n3)CCC[C@H]4c3ccccc3C(F)(F)F)nc2)cn1. The summed E-state index contributed by atoms with van der Waals surface area (Å²) in [6, 6.07) is 9.54. The maximum atomic E-state index is 13.6. The first-order valence-corrected chi connectivity index (χ1v) is 10.6. The zero-order chi connectivity index (χ0) is 23.0. The highest BCUT2D eigenvalue weighted by molar-refractivity contribution is 5.64. The van der Waals surface area contributed by atoms with Crippen LogP contribution in [0.15, 0.2) is 55.1 Å². The highest BCUT2D eigenvalue weighted by Crippen LogP contribution is 2.40. The lowest BCUT2D eigenvalue weighted by molar-refractivity contribution is -0.138. The van der Waals surface area contributed by atoms with E-state index >= 15 is 0 Å². The molecule has 0 amide bonds. The number of hydrogen-bond acceptors (Lipinski definition) is 4. The number of pyridine rings is 1. The number of nitrogens with zero attached hydrogens (tertiary/aromatic N) is 6. The summed E-state index contributed by atoms with van der Waals surface area (Å²) in [5.74, 6) is 0.580. The van der Waals surface area contributed by atoms with Crippen LogP contribution in [0.3, 0.4) is 0 Å². The van der Waals surface area contributed by atoms with Crippen molar-refractivity contribution in [3.8, 4) is 5.69 Å². The molecule has 33 heavy (non-hydrogen) atoms. The van der Waals surface area contributed by atoms with E-state index in [0.29, 0.717) is 24.6 Å². The van der Waals surface area contributed by atoms with E-state index in [1.807, 2.05) is 29.8 Å². The van der Waals surface area contributed by atoms with Gasteiger partial charge in [0.1, 0.15) is 5.82 Å². The Labute approximate surface area is 188 Å². The summed E-state index contributed by atoms with van der Waals surface area (Å²) < 4.78 is 44.3. The Morgan fingerprint density at radius 1 is 1.06 bits per heavy atom. The molecule has 9 heteroatoms. The summed E-state index contributed by atoms with van der Waals surface area (Å²) in [5.41, 5.74) is 2.18. The molecule has 0 N–H and O–H groups in total. The standard InChI is InChI=1S/C24H21F3N6/c1-16-14-32(15-29-16)18-10-8-17(28-13-18)9-11-22-30-23-20(6-4-12-33(23)31-22)19-5-2-3-7-21(19)24(25,26)27/h2-3,5,7-11,13-15,20H,4,6,12H2,1H3/b11-9+/t20-/m0/s1. The van der Waals surface area contributed by atoms with Crippen LogP contribution in [0.2, 0.25) is 0 Å². The van der Waals surface area contributed by atoms with E-state index in [0.717, 1.165) is 29.6 Å². The van der Waals surface area contributed by atoms with Gasteiger partial charge in [-0.25, -0.2) is 14.6 Å². The molecule has 1 aliphatic heterocycles. The lowest BCUT2D eigenvalue weighted by Crippen LogP contribution is -2.21. The van der Waals surface area contributed by atoms with Gasteiger partial charge in [-0.2, -0.15) is 18.3 Å². The average molecular weight is 450 g/mol. The van der Waals surface area contributed by atoms with Gasteiger partial charge in [-0.3, -0.25) is 4.98 Å². The van der Waals surface area contributed by atoms with Gasteiger partial charge in [0, 0.05) is 18.7 Å². The summed E-state index contributed by atoms with van der Waals surface area (Å²) in [6.45, 7) is 2.56. The van der Waals surface area contributed by atoms with Crippen LogP contribution in [0.25, 0.3) is 17.8 Å². The molecule has 0 radical (unpaired) electrons. The van der Waals surface area contributed by atoms with E-state index in [2.05, 4.69) is 20.1 Å². The highest BCUT2D eigenvalue weighted by Gasteiger charge is 2.37. The summed E-state index contributed by atoms with van der Waals surface area (Å²) in [4.78, 5) is 13.2. The first kappa shape index (κ1) is 21.1. The monoisotopic (exact) mass is 450 g/mol. The summed E-state index contributed by atoms with van der Waals surface area (Å²) in [5, 5.41) is 4.50. The molecule has 0 saturated carbocycles. The lowest BCUT2D eigenvalue weighted by Gasteiger charge is -2.25. The van der Waals surface area contributed by atoms with Crippen molar-refractivity contribution in [1.82, 2.24) is 29.3 Å². The highest BCUT2D eigenvalue weighted by atomic mass is 19.4. The van der Waals surface area contributed by atoms with Gasteiger partial charge in [-0.15, -0.1) is 0 Å². The molecular weight excluding hydrogens is 429 g/mol. The maximum Gasteiger partial charge on any atom is 0.416 e. The maximum absolute atomic E-state index is 13.6. The summed E-state index contributed by atoms with van der Waals surface area (Å²) >= 11 is 0. The molecule has 0 aliphatic carbocycles. The van der Waals surface area contributed by atoms with Crippen molar-refractivity contribution >= 4 is 12.2 Å². The van der Waals surface area contributed by atoms with Crippen molar-refractivity contribution in [2.24, 2.45) is 0 Å². The number of hydrogen-bond donors (Lipinski definition) is 0. The number of alkyl halides is 3. The van der Waals surface area contributed by atoms with Crippen LogP contribution in [0, 0.1) is 6.92 Å². The minimum atomic E-state index is -4.41. The molecule has 4 aromatic rings. The molecule has 0 spiro atoms. The second-order valence-corrected chi connectivity index (χ2v) is 8.03. The van der Waals surface area contributed by atoms with E-state index in [-0.39, 0.29) is 5.56 Å². The zero-order valence-corrected chi connectivity index (χ0v) is 17.9. The lowest BCUT2D eigenvalue weighted by atomic mass is 9.88. The third kappa shape index (κ3) is 4.30. The van der Waals surface area contributed by atoms with Crippen molar-refractivity contribution in [1.29, 1.82) is 0 Å². The van der Waals surface area contributed by atoms with E-state index in [9.17, 15) is 13.2 Å². The molecule has 5 rings (SSSR count). The molecule has 1 atom stereocenters. The molecule has 168 valence electrons. The van der Waals surface area contributed by atoms with E-state index < -0.39 is 17.7 Å². The molecular formula is C24H21F3N6. The molecule has 6 nitrogen and oxygen atoms in total. The van der Waals surface area contributed by atoms with Gasteiger partial charge in [0.25, 0.3) is 0 Å². The first-order chi connectivity index (χ1) is 15.9. The predicted molar refractivity (Wildman–Crippen MR) is 118 cm³/mol. The molecule has 1 aliphatic rings. The third-order valence-electron chi connectivity index (χ3n) is 5.72. The van der Waals surface area contributed by atoms with Crippen molar-refractivity contribution < 1.29 is 13.2 Å². The largest absolute Gasteiger partial charge is 0.416 e. The van der Waals surface area contributed by atoms with Crippen LogP contribution in [0.4, 0.5) is 13.2 Å². The Hall–Kier alpha value is -3.75. The van der Waals surface area contributed by atoms with Crippen LogP contribution < -0.4 is 0 Å². The van der Waals surface area contributed by atoms with Crippen LogP contribution in [-0.4, -0.2) is 29.3 Å². The second kappa shape index (κ2) is 8.31. The normalized spacial score (nSPS) is 16.3. The number of rotatable bonds is 4. The molecule has 0 unspecified atom stereocenters. The minimum Gasteiger partial charge on any atom is -0.304 e. The van der Waals surface area contributed by atoms with Crippen molar-refractivity contribution in [2.75, 3.05) is 0 Å². The Balaban J connectivity index is 1.40. The average Bonchev–Trinajstić information content (AvgIpc) is 3.43. The molecule has 1 aromatic carbocycles. The quantitative estimate of drug-likeness (QED) is 0.424. The smallest absolute Gasteiger partial charge is 0.304 e. The fraction of sp³-hybridized carbons (Fsp3) is 0.250. The summed E-state index contributed by atoms with van der Waals surface area (Å²) in [7, 11) is 0. The van der Waals surface area contributed by atoms with Gasteiger partial charge in [0.05, 0.1) is 35.2 Å². The third-order valence-corrected chi connectivity index (χ3v) is 5.72. The number of fused-ring (bicyclic) bond motifs is 1. The van der Waals surface area contributed by atoms with E-state index in [4.69, 9.17) is 0 Å². The fourth-order valence-electron chi connectivity index (χ4n) is 4.16. The Bertz CT molecular complexity index is 1300. The number of aromatic nitrogens is 6. The number of benzene rings is 1. The van der Waals surface area contributed by atoms with Crippen molar-refractivity contribution in [2.45, 2.75) is 38.4 Å². The Morgan fingerprint density at radius 2 is 1.91 bits per heavy atom. The van der Waals surface area contributed by atoms with E-state index in [1.54, 1.807) is 41.5 Å². The van der Waals surface area contributed by atoms with Crippen LogP contribution >= 0.6 is 0 Å². The van der Waals surface area contributed by atoms with Gasteiger partial charge >= 0.3 is 6.18 Å². The second-order valence-electron chi connectivity index (χ2n) is 8.03. The van der Waals surface area contributed by atoms with Gasteiger partial charge in [0.15, 0.2) is 5.82 Å². The van der Waals surface area contributed by atoms with Crippen LogP contribution in [-0.2, 0) is 12.7 Å². The Kier molecular flexibility index (Phi) is 5.32. The van der Waals surface area contributed by atoms with Gasteiger partial charge in [0.2, 0.25) is 0 Å². The van der Waals surface area contributed by atoms with Gasteiger partial charge in [-0.1, -0.05) is 18.2 Å². The predicted octanol–water partition coefficient (Wildman–Crippen LogP) is 5.28. The Morgan fingerprint density at radius 3 is 2.64 bits per heavy atom. The van der Waals surface area contributed by atoms with E-state index in [1.165, 1.54) is 6.07 Å². The van der Waals surface area contributed by atoms with Crippen molar-refractivity contribution in [3.63, 3.8) is 0 Å². The number of halogens is 3. The van der Waals surface area contributed by atoms with Gasteiger partial charge in [-0.05, 0) is 55.7 Å². The first-order valence-electron chi connectivity index (χ1n) is 10.6. The fourth-order valence-corrected chi connectivity index (χ4v) is 4.16. The minimum absolute atomic E-state index is 0.251. The molecule has 0 fully saturated rings. The molecule has 0 saturated heterocycles. The number of aryl methyl sites for hydroxylation is 2. The number of imidazole rings is 1. The van der Waals surface area contributed by atoms with Crippen LogP contribution in [0.5, 0.6) is 0 Å². The van der Waals surface area contributed by atoms with Crippen LogP contribution in [0.1, 0.15) is 52.9 Å². The molecule has 4 heterocycles.